The Kier molecular flexibility index (Phi) is 6.79. The molecular formula is C26H19BrO7. The molecule has 0 spiro atoms. The van der Waals surface area contributed by atoms with Gasteiger partial charge in [0.2, 0.25) is 11.2 Å². The number of rotatable bonds is 6. The molecule has 0 unspecified atom stereocenters. The number of hydrogen-bond donors (Lipinski definition) is 0. The number of ether oxygens (including phenoxy) is 3. The zero-order chi connectivity index (χ0) is 24.2. The van der Waals surface area contributed by atoms with E-state index in [0.717, 1.165) is 4.47 Å². The number of halogens is 1. The molecule has 4 aromatic rings. The van der Waals surface area contributed by atoms with Crippen molar-refractivity contribution in [3.05, 3.63) is 92.7 Å². The van der Waals surface area contributed by atoms with E-state index in [4.69, 9.17) is 18.6 Å². The summed E-state index contributed by atoms with van der Waals surface area (Å²) in [6.45, 7) is 1.77. The van der Waals surface area contributed by atoms with Crippen molar-refractivity contribution in [1.29, 1.82) is 0 Å². The molecule has 1 heterocycles. The van der Waals surface area contributed by atoms with Crippen molar-refractivity contribution in [2.75, 3.05) is 13.7 Å². The van der Waals surface area contributed by atoms with Gasteiger partial charge in [-0.15, -0.1) is 0 Å². The molecule has 0 saturated heterocycles. The second-order valence-electron chi connectivity index (χ2n) is 7.14. The van der Waals surface area contributed by atoms with Gasteiger partial charge in [0.1, 0.15) is 17.1 Å². The highest BCUT2D eigenvalue weighted by molar-refractivity contribution is 9.10. The standard InChI is InChI=1S/C26H19BrO7/c1-3-32-26(30)24-22(15-7-9-17(27)10-8-15)23(28)20-12-11-19(14-21(20)34-24)33-25(29)16-5-4-6-18(13-16)31-2/h4-14H,3H2,1-2H3. The molecule has 3 aromatic carbocycles. The molecule has 172 valence electrons. The third kappa shape index (κ3) is 4.72. The molecule has 0 bridgehead atoms. The summed E-state index contributed by atoms with van der Waals surface area (Å²) in [5.41, 5.74) is 0.580. The summed E-state index contributed by atoms with van der Waals surface area (Å²) >= 11 is 3.36. The maximum Gasteiger partial charge on any atom is 0.375 e. The second-order valence-corrected chi connectivity index (χ2v) is 8.06. The molecule has 8 heteroatoms. The summed E-state index contributed by atoms with van der Waals surface area (Å²) in [4.78, 5) is 38.6. The van der Waals surface area contributed by atoms with Crippen LogP contribution in [0.5, 0.6) is 11.5 Å². The predicted octanol–water partition coefficient (Wildman–Crippen LogP) is 5.63. The number of methoxy groups -OCH3 is 1. The van der Waals surface area contributed by atoms with Crippen LogP contribution in [0.2, 0.25) is 0 Å². The van der Waals surface area contributed by atoms with E-state index in [0.29, 0.717) is 16.9 Å². The van der Waals surface area contributed by atoms with Crippen molar-refractivity contribution in [3.8, 4) is 22.6 Å². The topological polar surface area (TPSA) is 92.0 Å². The lowest BCUT2D eigenvalue weighted by atomic mass is 10.0. The van der Waals surface area contributed by atoms with Gasteiger partial charge in [-0.2, -0.15) is 0 Å². The minimum absolute atomic E-state index is 0.0878. The minimum Gasteiger partial charge on any atom is -0.497 e. The van der Waals surface area contributed by atoms with Crippen LogP contribution in [0.15, 0.2) is 80.4 Å². The van der Waals surface area contributed by atoms with Crippen LogP contribution in [0, 0.1) is 0 Å². The van der Waals surface area contributed by atoms with E-state index in [1.165, 1.54) is 25.3 Å². The molecular weight excluding hydrogens is 504 g/mol. The van der Waals surface area contributed by atoms with E-state index in [2.05, 4.69) is 15.9 Å². The average molecular weight is 523 g/mol. The van der Waals surface area contributed by atoms with Crippen molar-refractivity contribution in [3.63, 3.8) is 0 Å². The van der Waals surface area contributed by atoms with Gasteiger partial charge >= 0.3 is 11.9 Å². The number of carbonyl (C=O) groups excluding carboxylic acids is 2. The van der Waals surface area contributed by atoms with E-state index in [1.54, 1.807) is 55.5 Å². The maximum absolute atomic E-state index is 13.4. The molecule has 34 heavy (non-hydrogen) atoms. The Balaban J connectivity index is 1.79. The Morgan fingerprint density at radius 3 is 2.41 bits per heavy atom. The van der Waals surface area contributed by atoms with Crippen LogP contribution in [0.3, 0.4) is 0 Å². The monoisotopic (exact) mass is 522 g/mol. The largest absolute Gasteiger partial charge is 0.497 e. The number of benzene rings is 3. The summed E-state index contributed by atoms with van der Waals surface area (Å²) < 4.78 is 22.4. The minimum atomic E-state index is -0.766. The van der Waals surface area contributed by atoms with E-state index < -0.39 is 17.4 Å². The molecule has 0 amide bonds. The molecule has 7 nitrogen and oxygen atoms in total. The lowest BCUT2D eigenvalue weighted by molar-refractivity contribution is 0.0491. The molecule has 0 fully saturated rings. The third-order valence-corrected chi connectivity index (χ3v) is 5.50. The molecule has 0 aliphatic heterocycles. The lowest BCUT2D eigenvalue weighted by Gasteiger charge is -2.11. The van der Waals surface area contributed by atoms with E-state index in [9.17, 15) is 14.4 Å². The Morgan fingerprint density at radius 2 is 1.71 bits per heavy atom. The van der Waals surface area contributed by atoms with Gasteiger partial charge in [0, 0.05) is 10.5 Å². The summed E-state index contributed by atoms with van der Waals surface area (Å²) in [5, 5.41) is 0.229. The van der Waals surface area contributed by atoms with E-state index in [1.807, 2.05) is 0 Å². The first-order valence-electron chi connectivity index (χ1n) is 10.3. The van der Waals surface area contributed by atoms with Crippen molar-refractivity contribution in [2.24, 2.45) is 0 Å². The Hall–Kier alpha value is -3.91. The van der Waals surface area contributed by atoms with Crippen LogP contribution in [-0.4, -0.2) is 25.7 Å². The van der Waals surface area contributed by atoms with Crippen molar-refractivity contribution >= 4 is 38.8 Å². The van der Waals surface area contributed by atoms with Crippen LogP contribution in [0.1, 0.15) is 27.8 Å². The fraction of sp³-hybridized carbons (Fsp3) is 0.115. The average Bonchev–Trinajstić information content (AvgIpc) is 2.84. The molecule has 0 N–H and O–H groups in total. The Bertz CT molecular complexity index is 1440. The second kappa shape index (κ2) is 9.93. The van der Waals surface area contributed by atoms with Gasteiger partial charge in [-0.05, 0) is 55.0 Å². The molecule has 0 atom stereocenters. The molecule has 0 saturated carbocycles. The highest BCUT2D eigenvalue weighted by Gasteiger charge is 2.23. The van der Waals surface area contributed by atoms with E-state index >= 15 is 0 Å². The Morgan fingerprint density at radius 1 is 0.941 bits per heavy atom. The molecule has 0 aliphatic rings. The summed E-state index contributed by atoms with van der Waals surface area (Å²) in [7, 11) is 1.50. The van der Waals surface area contributed by atoms with Crippen molar-refractivity contribution in [2.45, 2.75) is 6.92 Å². The van der Waals surface area contributed by atoms with Crippen molar-refractivity contribution < 1.29 is 28.2 Å². The number of fused-ring (bicyclic) bond motifs is 1. The summed E-state index contributed by atoms with van der Waals surface area (Å²) in [6, 6.07) is 17.8. The van der Waals surface area contributed by atoms with Gasteiger partial charge in [0.05, 0.1) is 30.2 Å². The fourth-order valence-corrected chi connectivity index (χ4v) is 3.64. The SMILES string of the molecule is CCOC(=O)c1oc2cc(OC(=O)c3cccc(OC)c3)ccc2c(=O)c1-c1ccc(Br)cc1. The van der Waals surface area contributed by atoms with Crippen LogP contribution < -0.4 is 14.9 Å². The molecule has 1 aromatic heterocycles. The number of carbonyl (C=O) groups is 2. The quantitative estimate of drug-likeness (QED) is 0.239. The van der Waals surface area contributed by atoms with Crippen LogP contribution in [0.4, 0.5) is 0 Å². The first-order chi connectivity index (χ1) is 16.4. The van der Waals surface area contributed by atoms with Crippen LogP contribution in [0.25, 0.3) is 22.1 Å². The van der Waals surface area contributed by atoms with E-state index in [-0.39, 0.29) is 34.6 Å². The first kappa shape index (κ1) is 23.3. The normalized spacial score (nSPS) is 10.7. The Labute approximate surface area is 203 Å². The number of hydrogen-bond acceptors (Lipinski definition) is 7. The molecule has 0 radical (unpaired) electrons. The fourth-order valence-electron chi connectivity index (χ4n) is 3.37. The van der Waals surface area contributed by atoms with Gasteiger partial charge in [-0.1, -0.05) is 34.1 Å². The zero-order valence-corrected chi connectivity index (χ0v) is 19.9. The lowest BCUT2D eigenvalue weighted by Crippen LogP contribution is -2.15. The smallest absolute Gasteiger partial charge is 0.375 e. The predicted molar refractivity (Wildman–Crippen MR) is 130 cm³/mol. The first-order valence-corrected chi connectivity index (χ1v) is 11.1. The van der Waals surface area contributed by atoms with Gasteiger partial charge in [-0.3, -0.25) is 4.79 Å². The van der Waals surface area contributed by atoms with Gasteiger partial charge in [-0.25, -0.2) is 9.59 Å². The third-order valence-electron chi connectivity index (χ3n) is 4.97. The zero-order valence-electron chi connectivity index (χ0n) is 18.3. The van der Waals surface area contributed by atoms with Crippen LogP contribution >= 0.6 is 15.9 Å². The number of esters is 2. The highest BCUT2D eigenvalue weighted by atomic mass is 79.9. The summed E-state index contributed by atoms with van der Waals surface area (Å²) in [6.07, 6.45) is 0. The van der Waals surface area contributed by atoms with Gasteiger partial charge in [0.25, 0.3) is 0 Å². The van der Waals surface area contributed by atoms with Gasteiger partial charge < -0.3 is 18.6 Å². The van der Waals surface area contributed by atoms with Crippen LogP contribution in [-0.2, 0) is 4.74 Å². The maximum atomic E-state index is 13.4. The van der Waals surface area contributed by atoms with Crippen molar-refractivity contribution in [1.82, 2.24) is 0 Å². The van der Waals surface area contributed by atoms with Gasteiger partial charge in [0.15, 0.2) is 0 Å². The highest BCUT2D eigenvalue weighted by Crippen LogP contribution is 2.29. The molecule has 0 aliphatic carbocycles. The summed E-state index contributed by atoms with van der Waals surface area (Å²) in [5.74, 6) is -0.943. The molecule has 4 rings (SSSR count).